The van der Waals surface area contributed by atoms with Crippen LogP contribution >= 0.6 is 11.3 Å². The van der Waals surface area contributed by atoms with Crippen LogP contribution in [0.4, 0.5) is 0 Å². The molecule has 2 heterocycles. The lowest BCUT2D eigenvalue weighted by molar-refractivity contribution is -0.146. The molecule has 13 heteroatoms. The number of hydrogen-bond donors (Lipinski definition) is 5. The van der Waals surface area contributed by atoms with E-state index in [-0.39, 0.29) is 51.1 Å². The van der Waals surface area contributed by atoms with E-state index in [1.54, 1.807) is 48.5 Å². The molecule has 0 radical (unpaired) electrons. The van der Waals surface area contributed by atoms with Crippen LogP contribution in [0.5, 0.6) is 0 Å². The normalized spacial score (nSPS) is 18.7. The molecule has 0 saturated carbocycles. The second-order valence-electron chi connectivity index (χ2n) is 14.2. The first-order valence-corrected chi connectivity index (χ1v) is 19.9. The molecule has 1 unspecified atom stereocenters. The Bertz CT molecular complexity index is 2200. The molecule has 298 valence electrons. The molecule has 0 fully saturated rings. The molecule has 6 rings (SSSR count). The van der Waals surface area contributed by atoms with Crippen molar-refractivity contribution in [1.82, 2.24) is 26.2 Å². The van der Waals surface area contributed by atoms with E-state index >= 15 is 0 Å². The maximum atomic E-state index is 14.5. The van der Waals surface area contributed by atoms with Crippen LogP contribution < -0.4 is 21.3 Å². The number of nitrogens with one attached hydrogen (secondary N) is 4. The number of carboxylic acids is 1. The molecule has 12 nitrogen and oxygen atoms in total. The predicted molar refractivity (Wildman–Crippen MR) is 220 cm³/mol. The second kappa shape index (κ2) is 20.0. The molecule has 2 bridgehead atoms. The van der Waals surface area contributed by atoms with Crippen LogP contribution in [0.15, 0.2) is 127 Å². The van der Waals surface area contributed by atoms with Gasteiger partial charge in [0.05, 0.1) is 0 Å². The molecule has 4 aromatic carbocycles. The first-order chi connectivity index (χ1) is 28.1. The van der Waals surface area contributed by atoms with Gasteiger partial charge in [0.2, 0.25) is 29.5 Å². The van der Waals surface area contributed by atoms with Crippen molar-refractivity contribution in [2.75, 3.05) is 6.54 Å². The van der Waals surface area contributed by atoms with Crippen LogP contribution in [-0.4, -0.2) is 70.2 Å². The Hall–Kier alpha value is -6.60. The molecular formula is C45H45N5O7S. The topological polar surface area (TPSA) is 174 Å². The Morgan fingerprint density at radius 1 is 0.621 bits per heavy atom. The second-order valence-corrected chi connectivity index (χ2v) is 15.2. The summed E-state index contributed by atoms with van der Waals surface area (Å²) in [5, 5.41) is 23.1. The maximum absolute atomic E-state index is 14.5. The number of aliphatic carboxylic acids is 1. The Labute approximate surface area is 340 Å². The zero-order valence-corrected chi connectivity index (χ0v) is 32.6. The number of amides is 5. The van der Waals surface area contributed by atoms with Crippen LogP contribution in [0, 0.1) is 0 Å². The SMILES string of the molecule is O=C(O)CN1Cc2cccc(c2)CNC(=O)CCC(=O)NC(Cc2cccs2)C(=O)N[C@@H](Cc2ccc(-c3ccccc3)cc2)C(=O)N[C@H](Cc2ccccc2)C1=O. The molecule has 1 aliphatic heterocycles. The van der Waals surface area contributed by atoms with E-state index in [1.165, 1.54) is 16.2 Å². The zero-order chi connectivity index (χ0) is 40.9. The fraction of sp³-hybridized carbons (Fsp3) is 0.244. The number of rotatable bonds is 9. The summed E-state index contributed by atoms with van der Waals surface area (Å²) in [6, 6.07) is 33.6. The van der Waals surface area contributed by atoms with Crippen LogP contribution in [0.2, 0.25) is 0 Å². The predicted octanol–water partition coefficient (Wildman–Crippen LogP) is 4.42. The minimum absolute atomic E-state index is 0.0321. The van der Waals surface area contributed by atoms with Gasteiger partial charge in [-0.1, -0.05) is 115 Å². The van der Waals surface area contributed by atoms with Gasteiger partial charge in [-0.2, -0.15) is 0 Å². The molecule has 58 heavy (non-hydrogen) atoms. The van der Waals surface area contributed by atoms with E-state index in [4.69, 9.17) is 0 Å². The van der Waals surface area contributed by atoms with Crippen LogP contribution in [0.1, 0.15) is 40.0 Å². The number of benzene rings is 4. The quantitative estimate of drug-likeness (QED) is 0.147. The summed E-state index contributed by atoms with van der Waals surface area (Å²) in [6.45, 7) is -0.598. The minimum Gasteiger partial charge on any atom is -0.480 e. The van der Waals surface area contributed by atoms with Crippen LogP contribution in [0.3, 0.4) is 0 Å². The molecule has 5 N–H and O–H groups in total. The number of hydrogen-bond acceptors (Lipinski definition) is 7. The molecular weight excluding hydrogens is 755 g/mol. The summed E-state index contributed by atoms with van der Waals surface area (Å²) in [6.07, 6.45) is -0.101. The van der Waals surface area contributed by atoms with Crippen molar-refractivity contribution < 1.29 is 33.9 Å². The van der Waals surface area contributed by atoms with Crippen molar-refractivity contribution >= 4 is 46.8 Å². The molecule has 1 aromatic heterocycles. The van der Waals surface area contributed by atoms with E-state index in [2.05, 4.69) is 21.3 Å². The Kier molecular flexibility index (Phi) is 14.2. The third kappa shape index (κ3) is 12.0. The first-order valence-electron chi connectivity index (χ1n) is 19.1. The number of carboxylic acid groups (broad SMARTS) is 1. The van der Waals surface area contributed by atoms with Gasteiger partial charge in [-0.15, -0.1) is 11.3 Å². The Balaban J connectivity index is 1.37. The van der Waals surface area contributed by atoms with Crippen LogP contribution in [0.25, 0.3) is 11.1 Å². The number of nitrogens with zero attached hydrogens (tertiary/aromatic N) is 1. The summed E-state index contributed by atoms with van der Waals surface area (Å²) in [4.78, 5) is 83.4. The van der Waals surface area contributed by atoms with Gasteiger partial charge in [0.15, 0.2) is 0 Å². The minimum atomic E-state index is -1.24. The number of carbonyl (C=O) groups excluding carboxylic acids is 5. The molecule has 0 saturated heterocycles. The monoisotopic (exact) mass is 799 g/mol. The van der Waals surface area contributed by atoms with E-state index < -0.39 is 54.3 Å². The van der Waals surface area contributed by atoms with Gasteiger partial charge in [-0.25, -0.2) is 0 Å². The van der Waals surface area contributed by atoms with Crippen molar-refractivity contribution in [1.29, 1.82) is 0 Å². The van der Waals surface area contributed by atoms with Crippen molar-refractivity contribution in [3.63, 3.8) is 0 Å². The van der Waals surface area contributed by atoms with Gasteiger partial charge >= 0.3 is 5.97 Å². The highest BCUT2D eigenvalue weighted by Gasteiger charge is 2.33. The largest absolute Gasteiger partial charge is 0.480 e. The first kappa shape index (κ1) is 41.0. The van der Waals surface area contributed by atoms with Crippen molar-refractivity contribution in [3.8, 4) is 11.1 Å². The average Bonchev–Trinajstić information content (AvgIpc) is 3.75. The molecule has 3 atom stereocenters. The molecule has 0 spiro atoms. The highest BCUT2D eigenvalue weighted by Crippen LogP contribution is 2.21. The van der Waals surface area contributed by atoms with Gasteiger partial charge in [-0.3, -0.25) is 28.8 Å². The molecule has 5 aromatic rings. The lowest BCUT2D eigenvalue weighted by Gasteiger charge is -2.29. The summed E-state index contributed by atoms with van der Waals surface area (Å²) >= 11 is 1.41. The molecule has 0 aliphatic carbocycles. The summed E-state index contributed by atoms with van der Waals surface area (Å²) in [7, 11) is 0. The number of thiophene rings is 1. The van der Waals surface area contributed by atoms with E-state index in [0.717, 1.165) is 27.1 Å². The number of fused-ring (bicyclic) bond motifs is 2. The maximum Gasteiger partial charge on any atom is 0.323 e. The van der Waals surface area contributed by atoms with Gasteiger partial charge in [0.25, 0.3) is 0 Å². The summed E-state index contributed by atoms with van der Waals surface area (Å²) in [5.41, 5.74) is 4.72. The molecule has 1 aliphatic rings. The van der Waals surface area contributed by atoms with Crippen LogP contribution in [-0.2, 0) is 61.1 Å². The van der Waals surface area contributed by atoms with Gasteiger partial charge < -0.3 is 31.3 Å². The lowest BCUT2D eigenvalue weighted by atomic mass is 9.99. The van der Waals surface area contributed by atoms with E-state index in [9.17, 15) is 33.9 Å². The standard InChI is InChI=1S/C45H45N5O7S/c51-40-20-21-41(52)47-38(26-36-15-8-22-58-36)44(56)48-37(24-31-16-18-35(19-17-31)34-13-5-2-6-14-34)43(55)49-39(25-30-9-3-1-4-10-30)45(57)50(29-42(53)54)28-33-12-7-11-32(23-33)27-46-40/h1-19,22-23,37-39H,20-21,24-29H2,(H,46,51)(H,47,52)(H,48,56)(H,49,55)(H,53,54)/t37-,38?,39+/m0/s1. The van der Waals surface area contributed by atoms with Crippen molar-refractivity contribution in [2.24, 2.45) is 0 Å². The Morgan fingerprint density at radius 2 is 1.22 bits per heavy atom. The van der Waals surface area contributed by atoms with Gasteiger partial charge in [0.1, 0.15) is 24.7 Å². The fourth-order valence-electron chi connectivity index (χ4n) is 6.78. The zero-order valence-electron chi connectivity index (χ0n) is 31.8. The third-order valence-corrected chi connectivity index (χ3v) is 10.6. The molecule has 5 amide bonds. The van der Waals surface area contributed by atoms with Crippen molar-refractivity contribution in [3.05, 3.63) is 154 Å². The van der Waals surface area contributed by atoms with Gasteiger partial charge in [-0.05, 0) is 44.8 Å². The average molecular weight is 800 g/mol. The van der Waals surface area contributed by atoms with Crippen molar-refractivity contribution in [2.45, 2.75) is 63.3 Å². The Morgan fingerprint density at radius 3 is 1.91 bits per heavy atom. The fourth-order valence-corrected chi connectivity index (χ4v) is 7.53. The highest BCUT2D eigenvalue weighted by molar-refractivity contribution is 7.09. The lowest BCUT2D eigenvalue weighted by Crippen LogP contribution is -2.58. The summed E-state index contributed by atoms with van der Waals surface area (Å²) in [5.74, 6) is -4.05. The smallest absolute Gasteiger partial charge is 0.323 e. The van der Waals surface area contributed by atoms with E-state index in [1.807, 2.05) is 78.2 Å². The third-order valence-electron chi connectivity index (χ3n) is 9.74. The summed E-state index contributed by atoms with van der Waals surface area (Å²) < 4.78 is 0. The van der Waals surface area contributed by atoms with E-state index in [0.29, 0.717) is 11.1 Å². The number of carbonyl (C=O) groups is 6. The van der Waals surface area contributed by atoms with Gasteiger partial charge in [0, 0.05) is 50.1 Å². The highest BCUT2D eigenvalue weighted by atomic mass is 32.1.